The van der Waals surface area contributed by atoms with Gasteiger partial charge < -0.3 is 54.1 Å². The fourth-order valence-electron chi connectivity index (χ4n) is 3.30. The molecule has 0 aromatic rings. The van der Waals surface area contributed by atoms with E-state index >= 15 is 0 Å². The third kappa shape index (κ3) is 5.21. The fourth-order valence-corrected chi connectivity index (χ4v) is 3.30. The number of aliphatic hydroxyl groups is 4. The summed E-state index contributed by atoms with van der Waals surface area (Å²) in [5.41, 5.74) is 2.61. The van der Waals surface area contributed by atoms with Crippen molar-refractivity contribution >= 4 is 5.97 Å². The number of aliphatic hydroxyl groups excluding tert-OH is 4. The van der Waals surface area contributed by atoms with Crippen molar-refractivity contribution in [3.05, 3.63) is 0 Å². The summed E-state index contributed by atoms with van der Waals surface area (Å²) in [6, 6.07) is -0.950. The van der Waals surface area contributed by atoms with Crippen LogP contribution in [0.3, 0.4) is 0 Å². The third-order valence-electron chi connectivity index (χ3n) is 4.80. The second-order valence-electron chi connectivity index (χ2n) is 6.57. The summed E-state index contributed by atoms with van der Waals surface area (Å²) in [6.45, 7) is 1.38. The summed E-state index contributed by atoms with van der Waals surface area (Å²) in [5.74, 6) is -1.43. The number of methoxy groups -OCH3 is 2. The molecular formula is C16H29NO12. The van der Waals surface area contributed by atoms with E-state index in [0.29, 0.717) is 0 Å². The molecule has 0 saturated carbocycles. The molecule has 13 nitrogen and oxygen atoms in total. The Morgan fingerprint density at radius 3 is 2.21 bits per heavy atom. The molecule has 6 N–H and O–H groups in total. The van der Waals surface area contributed by atoms with Gasteiger partial charge in [0.15, 0.2) is 18.7 Å². The van der Waals surface area contributed by atoms with E-state index in [1.54, 1.807) is 6.92 Å². The van der Waals surface area contributed by atoms with Crippen LogP contribution in [0.15, 0.2) is 0 Å². The van der Waals surface area contributed by atoms with E-state index in [1.165, 1.54) is 14.2 Å². The second-order valence-corrected chi connectivity index (χ2v) is 6.57. The normalized spacial score (nSPS) is 43.3. The minimum atomic E-state index is -1.69. The van der Waals surface area contributed by atoms with Gasteiger partial charge in [-0.05, 0) is 6.92 Å². The van der Waals surface area contributed by atoms with E-state index in [-0.39, 0.29) is 6.61 Å². The predicted molar refractivity (Wildman–Crippen MR) is 91.3 cm³/mol. The molecule has 2 aliphatic rings. The topological polar surface area (TPSA) is 186 Å². The zero-order chi connectivity index (χ0) is 21.7. The van der Waals surface area contributed by atoms with Crippen molar-refractivity contribution in [1.82, 2.24) is 5.48 Å². The largest absolute Gasteiger partial charge is 0.479 e. The molecule has 0 aliphatic carbocycles. The maximum atomic E-state index is 11.5. The smallest absolute Gasteiger partial charge is 0.335 e. The van der Waals surface area contributed by atoms with Crippen LogP contribution < -0.4 is 5.48 Å². The number of hydrogen-bond donors (Lipinski definition) is 6. The standard InChI is InChI=1S/C16H29NO12/c1-4-26-17-7-11(8(19)6(5-18)27-15(7)25-3)28-16-10(21)9(20)12(24-2)13(29-16)14(22)23/h6-13,15-21H,4-5H2,1-3H3,(H,22,23). The van der Waals surface area contributed by atoms with Crippen molar-refractivity contribution < 1.29 is 58.8 Å². The molecule has 10 unspecified atom stereocenters. The van der Waals surface area contributed by atoms with E-state index in [0.717, 1.165) is 0 Å². The minimum Gasteiger partial charge on any atom is -0.479 e. The van der Waals surface area contributed by atoms with Crippen molar-refractivity contribution in [1.29, 1.82) is 0 Å². The van der Waals surface area contributed by atoms with E-state index in [4.69, 9.17) is 28.5 Å². The Balaban J connectivity index is 2.26. The van der Waals surface area contributed by atoms with Crippen LogP contribution in [-0.2, 0) is 33.3 Å². The first-order chi connectivity index (χ1) is 13.8. The van der Waals surface area contributed by atoms with Gasteiger partial charge in [0.2, 0.25) is 0 Å². The van der Waals surface area contributed by atoms with Crippen LogP contribution in [0.2, 0.25) is 0 Å². The zero-order valence-corrected chi connectivity index (χ0v) is 16.3. The maximum Gasteiger partial charge on any atom is 0.335 e. The second kappa shape index (κ2) is 10.9. The molecule has 2 heterocycles. The SMILES string of the molecule is CCONC1C(OC)OC(CO)C(O)C1OC1OC(C(=O)O)C(OC)C(O)C1O. The molecule has 29 heavy (non-hydrogen) atoms. The molecule has 0 spiro atoms. The van der Waals surface area contributed by atoms with Crippen molar-refractivity contribution in [2.75, 3.05) is 27.4 Å². The first-order valence-corrected chi connectivity index (χ1v) is 9.07. The summed E-state index contributed by atoms with van der Waals surface area (Å²) >= 11 is 0. The summed E-state index contributed by atoms with van der Waals surface area (Å²) in [6.07, 6.45) is -12.7. The first-order valence-electron chi connectivity index (χ1n) is 9.07. The molecule has 0 bridgehead atoms. The van der Waals surface area contributed by atoms with Crippen molar-refractivity contribution in [3.63, 3.8) is 0 Å². The lowest BCUT2D eigenvalue weighted by atomic mass is 9.95. The van der Waals surface area contributed by atoms with Gasteiger partial charge in [-0.15, -0.1) is 0 Å². The summed E-state index contributed by atoms with van der Waals surface area (Å²) < 4.78 is 26.5. The Labute approximate surface area is 167 Å². The molecule has 2 rings (SSSR count). The number of rotatable bonds is 9. The van der Waals surface area contributed by atoms with Gasteiger partial charge in [0, 0.05) is 14.2 Å². The highest BCUT2D eigenvalue weighted by Gasteiger charge is 2.53. The third-order valence-corrected chi connectivity index (χ3v) is 4.80. The average Bonchev–Trinajstić information content (AvgIpc) is 2.71. The van der Waals surface area contributed by atoms with Crippen LogP contribution in [0.1, 0.15) is 6.92 Å². The van der Waals surface area contributed by atoms with Gasteiger partial charge in [-0.1, -0.05) is 0 Å². The number of carbonyl (C=O) groups is 1. The van der Waals surface area contributed by atoms with Crippen molar-refractivity contribution in [2.45, 2.75) is 68.3 Å². The predicted octanol–water partition coefficient (Wildman–Crippen LogP) is -3.45. The molecule has 13 heteroatoms. The van der Waals surface area contributed by atoms with E-state index < -0.39 is 73.9 Å². The van der Waals surface area contributed by atoms with Crippen LogP contribution in [0.4, 0.5) is 0 Å². The molecule has 2 fully saturated rings. The van der Waals surface area contributed by atoms with Gasteiger partial charge >= 0.3 is 5.97 Å². The van der Waals surface area contributed by atoms with Gasteiger partial charge in [-0.25, -0.2) is 4.79 Å². The summed E-state index contributed by atoms with van der Waals surface area (Å²) in [7, 11) is 2.49. The summed E-state index contributed by atoms with van der Waals surface area (Å²) in [5, 5.41) is 50.0. The monoisotopic (exact) mass is 427 g/mol. The van der Waals surface area contributed by atoms with Crippen LogP contribution in [0.5, 0.6) is 0 Å². The Bertz CT molecular complexity index is 524. The maximum absolute atomic E-state index is 11.5. The van der Waals surface area contributed by atoms with Crippen LogP contribution in [-0.4, -0.2) is 120 Å². The number of carboxylic acids is 1. The molecule has 0 amide bonds. The lowest BCUT2D eigenvalue weighted by molar-refractivity contribution is -0.345. The highest BCUT2D eigenvalue weighted by atomic mass is 16.7. The number of hydrogen-bond acceptors (Lipinski definition) is 12. The quantitative estimate of drug-likeness (QED) is 0.200. The highest BCUT2D eigenvalue weighted by molar-refractivity contribution is 5.73. The Kier molecular flexibility index (Phi) is 9.12. The molecular weight excluding hydrogens is 398 g/mol. The van der Waals surface area contributed by atoms with Gasteiger partial charge in [0.25, 0.3) is 0 Å². The number of ether oxygens (including phenoxy) is 5. The molecule has 0 radical (unpaired) electrons. The number of nitrogens with one attached hydrogen (secondary N) is 1. The van der Waals surface area contributed by atoms with Crippen LogP contribution in [0.25, 0.3) is 0 Å². The van der Waals surface area contributed by atoms with Gasteiger partial charge in [0.1, 0.15) is 42.7 Å². The lowest BCUT2D eigenvalue weighted by Gasteiger charge is -2.47. The number of carboxylic acid groups (broad SMARTS) is 1. The number of aliphatic carboxylic acids is 1. The molecule has 0 aromatic heterocycles. The van der Waals surface area contributed by atoms with Crippen molar-refractivity contribution in [2.24, 2.45) is 0 Å². The summed E-state index contributed by atoms with van der Waals surface area (Å²) in [4.78, 5) is 16.6. The Morgan fingerprint density at radius 1 is 1.00 bits per heavy atom. The van der Waals surface area contributed by atoms with E-state index in [1.807, 2.05) is 0 Å². The number of hydroxylamine groups is 1. The molecule has 170 valence electrons. The van der Waals surface area contributed by atoms with E-state index in [2.05, 4.69) is 5.48 Å². The van der Waals surface area contributed by atoms with Gasteiger partial charge in [-0.3, -0.25) is 0 Å². The van der Waals surface area contributed by atoms with Crippen LogP contribution >= 0.6 is 0 Å². The van der Waals surface area contributed by atoms with E-state index in [9.17, 15) is 30.3 Å². The molecule has 2 saturated heterocycles. The fraction of sp³-hybridized carbons (Fsp3) is 0.938. The Hall–Kier alpha value is -0.970. The molecule has 10 atom stereocenters. The minimum absolute atomic E-state index is 0.247. The zero-order valence-electron chi connectivity index (χ0n) is 16.3. The van der Waals surface area contributed by atoms with Gasteiger partial charge in [0.05, 0.1) is 13.2 Å². The van der Waals surface area contributed by atoms with Crippen LogP contribution in [0, 0.1) is 0 Å². The van der Waals surface area contributed by atoms with Gasteiger partial charge in [-0.2, -0.15) is 5.48 Å². The lowest BCUT2D eigenvalue weighted by Crippen LogP contribution is -2.67. The molecule has 2 aliphatic heterocycles. The average molecular weight is 427 g/mol. The highest BCUT2D eigenvalue weighted by Crippen LogP contribution is 2.30. The molecule has 0 aromatic carbocycles. The first kappa shape index (κ1) is 24.3. The Morgan fingerprint density at radius 2 is 1.69 bits per heavy atom. The van der Waals surface area contributed by atoms with Crippen molar-refractivity contribution in [3.8, 4) is 0 Å².